The third-order valence-corrected chi connectivity index (χ3v) is 11.0. The number of hydrogen-bond acceptors (Lipinski definition) is 8. The monoisotopic (exact) mass is 916 g/mol. The maximum absolute atomic E-state index is 12.7. The molecule has 0 aliphatic heterocycles. The smallest absolute Gasteiger partial charge is 0.472 e. The summed E-state index contributed by atoms with van der Waals surface area (Å²) in [5, 5.41) is 8.92. The average molecular weight is 916 g/mol. The summed E-state index contributed by atoms with van der Waals surface area (Å²) in [6, 6.07) is -1.49. The Morgan fingerprint density at radius 2 is 0.906 bits per heavy atom. The number of carboxylic acids is 1. The van der Waals surface area contributed by atoms with Crippen LogP contribution in [0.25, 0.3) is 0 Å². The summed E-state index contributed by atoms with van der Waals surface area (Å²) in [5.41, 5.74) is 5.37. The van der Waals surface area contributed by atoms with Gasteiger partial charge < -0.3 is 25.2 Å². The number of hydrogen-bond donors (Lipinski definition) is 3. The minimum atomic E-state index is -4.64. The molecule has 0 radical (unpaired) electrons. The molecule has 10 nitrogen and oxygen atoms in total. The quantitative estimate of drug-likeness (QED) is 0.0233. The second-order valence-electron chi connectivity index (χ2n) is 16.2. The first-order valence-electron chi connectivity index (χ1n) is 24.8. The Morgan fingerprint density at radius 1 is 0.516 bits per heavy atom. The van der Waals surface area contributed by atoms with Crippen LogP contribution in [0.3, 0.4) is 0 Å². The number of phosphoric acid groups is 1. The summed E-state index contributed by atoms with van der Waals surface area (Å²) >= 11 is 0. The van der Waals surface area contributed by atoms with E-state index in [0.717, 1.165) is 89.9 Å². The lowest BCUT2D eigenvalue weighted by Crippen LogP contribution is -2.34. The molecule has 0 fully saturated rings. The predicted octanol–water partition coefficient (Wildman–Crippen LogP) is 14.5. The summed E-state index contributed by atoms with van der Waals surface area (Å²) in [5.74, 6) is -1.81. The molecule has 0 rings (SSSR count). The minimum absolute atomic E-state index is 0.0206. The number of phosphoric ester groups is 1. The van der Waals surface area contributed by atoms with Crippen molar-refractivity contribution < 1.29 is 42.7 Å². The molecule has 0 spiro atoms. The second kappa shape index (κ2) is 47.8. The van der Waals surface area contributed by atoms with E-state index in [4.69, 9.17) is 29.4 Å². The van der Waals surface area contributed by atoms with Crippen LogP contribution in [0, 0.1) is 0 Å². The lowest BCUT2D eigenvalue weighted by Gasteiger charge is -2.20. The number of nitrogens with two attached hydrogens (primary N) is 1. The van der Waals surface area contributed by atoms with Gasteiger partial charge in [0.1, 0.15) is 12.1 Å². The van der Waals surface area contributed by atoms with Crippen LogP contribution in [0.1, 0.15) is 187 Å². The molecule has 0 aromatic rings. The van der Waals surface area contributed by atoms with Crippen molar-refractivity contribution >= 4 is 19.8 Å². The molecule has 4 N–H and O–H groups in total. The Labute approximate surface area is 389 Å². The standard InChI is InChI=1S/C53H90NO9P/c1-3-5-7-9-11-13-15-17-19-21-23-24-25-26-27-28-30-32-34-36-38-40-42-44-46-60-47-50(48-61-64(58,59)62-49-51(54)53(56)57)63-52(55)45-43-41-39-37-35-33-31-29-22-20-18-16-14-12-10-8-6-4-2/h5,7,11,13,17,19-20,22-24,26-27,30,32,36,38,50-51H,3-4,6,8-10,12,14-16,18,21,25,28-29,31,33-35,37,39-49,54H2,1-2H3,(H,56,57)(H,58,59)/b7-5-,13-11-,19-17-,22-20-,24-23-,27-26-,32-30-,38-36-. The van der Waals surface area contributed by atoms with Crippen molar-refractivity contribution in [2.24, 2.45) is 5.73 Å². The van der Waals surface area contributed by atoms with Gasteiger partial charge in [-0.05, 0) is 96.3 Å². The van der Waals surface area contributed by atoms with Gasteiger partial charge in [0.15, 0.2) is 0 Å². The molecule has 0 aromatic carbocycles. The van der Waals surface area contributed by atoms with Gasteiger partial charge in [-0.2, -0.15) is 0 Å². The van der Waals surface area contributed by atoms with Gasteiger partial charge in [0.05, 0.1) is 19.8 Å². The lowest BCUT2D eigenvalue weighted by atomic mass is 10.1. The second-order valence-corrected chi connectivity index (χ2v) is 17.7. The van der Waals surface area contributed by atoms with Gasteiger partial charge in [0.25, 0.3) is 0 Å². The van der Waals surface area contributed by atoms with Gasteiger partial charge in [-0.1, -0.05) is 182 Å². The van der Waals surface area contributed by atoms with Crippen LogP contribution >= 0.6 is 7.82 Å². The summed E-state index contributed by atoms with van der Waals surface area (Å²) in [6.07, 6.45) is 63.2. The zero-order valence-electron chi connectivity index (χ0n) is 40.1. The molecule has 64 heavy (non-hydrogen) atoms. The van der Waals surface area contributed by atoms with Gasteiger partial charge >= 0.3 is 19.8 Å². The zero-order valence-corrected chi connectivity index (χ0v) is 41.0. The van der Waals surface area contributed by atoms with E-state index in [1.165, 1.54) is 70.6 Å². The molecule has 0 heterocycles. The number of ether oxygens (including phenoxy) is 2. The number of esters is 1. The Kier molecular flexibility index (Phi) is 45.5. The molecule has 0 saturated carbocycles. The Morgan fingerprint density at radius 3 is 1.38 bits per heavy atom. The first kappa shape index (κ1) is 60.9. The van der Waals surface area contributed by atoms with Crippen molar-refractivity contribution in [3.8, 4) is 0 Å². The van der Waals surface area contributed by atoms with E-state index >= 15 is 0 Å². The van der Waals surface area contributed by atoms with E-state index in [0.29, 0.717) is 13.0 Å². The Balaban J connectivity index is 4.29. The van der Waals surface area contributed by atoms with E-state index in [1.807, 2.05) is 0 Å². The van der Waals surface area contributed by atoms with E-state index in [-0.39, 0.29) is 13.0 Å². The summed E-state index contributed by atoms with van der Waals surface area (Å²) in [4.78, 5) is 33.7. The highest BCUT2D eigenvalue weighted by Crippen LogP contribution is 2.43. The molecular formula is C53H90NO9P. The van der Waals surface area contributed by atoms with Gasteiger partial charge in [-0.15, -0.1) is 0 Å². The molecule has 0 saturated heterocycles. The number of carboxylic acid groups (broad SMARTS) is 1. The van der Waals surface area contributed by atoms with Crippen LogP contribution in [0.4, 0.5) is 0 Å². The summed E-state index contributed by atoms with van der Waals surface area (Å²) in [6.45, 7) is 3.64. The number of carbonyl (C=O) groups is 2. The first-order chi connectivity index (χ1) is 31.2. The number of rotatable bonds is 46. The number of aliphatic carboxylic acids is 1. The third-order valence-electron chi connectivity index (χ3n) is 10.1. The van der Waals surface area contributed by atoms with E-state index in [2.05, 4.69) is 111 Å². The molecule has 3 unspecified atom stereocenters. The maximum atomic E-state index is 12.7. The number of carbonyl (C=O) groups excluding carboxylic acids is 1. The van der Waals surface area contributed by atoms with Crippen LogP contribution < -0.4 is 5.73 Å². The highest BCUT2D eigenvalue weighted by Gasteiger charge is 2.27. The molecule has 11 heteroatoms. The fraction of sp³-hybridized carbons (Fsp3) is 0.660. The van der Waals surface area contributed by atoms with Crippen LogP contribution in [0.2, 0.25) is 0 Å². The molecule has 0 aliphatic carbocycles. The predicted molar refractivity (Wildman–Crippen MR) is 267 cm³/mol. The summed E-state index contributed by atoms with van der Waals surface area (Å²) in [7, 11) is -4.64. The molecule has 366 valence electrons. The van der Waals surface area contributed by atoms with Crippen molar-refractivity contribution in [2.75, 3.05) is 26.4 Å². The van der Waals surface area contributed by atoms with Crippen LogP contribution in [0.15, 0.2) is 97.2 Å². The van der Waals surface area contributed by atoms with E-state index in [1.54, 1.807) is 0 Å². The maximum Gasteiger partial charge on any atom is 0.472 e. The first-order valence-corrected chi connectivity index (χ1v) is 26.3. The SMILES string of the molecule is CC/C=C\C/C=C\C/C=C\C/C=C\C/C=C\C/C=C\C/C=C\CCCCOCC(COP(=O)(O)OCC(N)C(=O)O)OC(=O)CCCCCCCCC/C=C\CCCCCCCCC. The molecule has 3 atom stereocenters. The van der Waals surface area contributed by atoms with Crippen molar-refractivity contribution in [1.29, 1.82) is 0 Å². The topological polar surface area (TPSA) is 155 Å². The van der Waals surface area contributed by atoms with Crippen molar-refractivity contribution in [3.63, 3.8) is 0 Å². The van der Waals surface area contributed by atoms with Gasteiger partial charge in [-0.25, -0.2) is 4.57 Å². The lowest BCUT2D eigenvalue weighted by molar-refractivity contribution is -0.154. The van der Waals surface area contributed by atoms with E-state index < -0.39 is 45.1 Å². The molecule has 0 aromatic heterocycles. The average Bonchev–Trinajstić information content (AvgIpc) is 3.28. The molecular weight excluding hydrogens is 826 g/mol. The minimum Gasteiger partial charge on any atom is -0.480 e. The normalized spacial score (nSPS) is 14.6. The van der Waals surface area contributed by atoms with Gasteiger partial charge in [0, 0.05) is 13.0 Å². The van der Waals surface area contributed by atoms with Crippen LogP contribution in [-0.2, 0) is 32.7 Å². The van der Waals surface area contributed by atoms with Gasteiger partial charge in [0.2, 0.25) is 0 Å². The van der Waals surface area contributed by atoms with E-state index in [9.17, 15) is 19.0 Å². The van der Waals surface area contributed by atoms with Crippen LogP contribution in [-0.4, -0.2) is 60.5 Å². The fourth-order valence-corrected chi connectivity index (χ4v) is 7.06. The molecule has 0 aliphatic rings. The van der Waals surface area contributed by atoms with Crippen molar-refractivity contribution in [1.82, 2.24) is 0 Å². The Bertz CT molecular complexity index is 1380. The molecule has 0 bridgehead atoms. The van der Waals surface area contributed by atoms with Crippen LogP contribution in [0.5, 0.6) is 0 Å². The third kappa shape index (κ3) is 46.9. The zero-order chi connectivity index (χ0) is 46.9. The largest absolute Gasteiger partial charge is 0.480 e. The van der Waals surface area contributed by atoms with Gasteiger partial charge in [-0.3, -0.25) is 18.6 Å². The molecule has 0 amide bonds. The van der Waals surface area contributed by atoms with Crippen molar-refractivity contribution in [2.45, 2.75) is 199 Å². The summed E-state index contributed by atoms with van der Waals surface area (Å²) < 4.78 is 33.4. The fourth-order valence-electron chi connectivity index (χ4n) is 6.28. The highest BCUT2D eigenvalue weighted by atomic mass is 31.2. The van der Waals surface area contributed by atoms with Crippen molar-refractivity contribution in [3.05, 3.63) is 97.2 Å². The highest BCUT2D eigenvalue weighted by molar-refractivity contribution is 7.47. The number of allylic oxidation sites excluding steroid dienone is 16. The number of unbranched alkanes of at least 4 members (excludes halogenated alkanes) is 16. The Hall–Kier alpha value is -3.11.